The van der Waals surface area contributed by atoms with E-state index in [0.29, 0.717) is 43.3 Å². The lowest BCUT2D eigenvalue weighted by Gasteiger charge is -2.13. The fourth-order valence-electron chi connectivity index (χ4n) is 2.61. The van der Waals surface area contributed by atoms with Gasteiger partial charge >= 0.3 is 6.18 Å². The van der Waals surface area contributed by atoms with E-state index in [-0.39, 0.29) is 29.9 Å². The van der Waals surface area contributed by atoms with Gasteiger partial charge in [0.15, 0.2) is 5.96 Å². The molecule has 3 N–H and O–H groups in total. The summed E-state index contributed by atoms with van der Waals surface area (Å²) in [6, 6.07) is 11.9. The van der Waals surface area contributed by atoms with Crippen LogP contribution in [-0.4, -0.2) is 45.7 Å². The van der Waals surface area contributed by atoms with Crippen LogP contribution < -0.4 is 20.7 Å². The molecule has 31 heavy (non-hydrogen) atoms. The van der Waals surface area contributed by atoms with E-state index in [1.807, 2.05) is 0 Å². The molecule has 2 rings (SSSR count). The summed E-state index contributed by atoms with van der Waals surface area (Å²) in [5.41, 5.74) is 0.668. The van der Waals surface area contributed by atoms with Gasteiger partial charge in [-0.2, -0.15) is 13.2 Å². The van der Waals surface area contributed by atoms with Crippen LogP contribution in [0.2, 0.25) is 0 Å². The topological polar surface area (TPSA) is 74.8 Å². The highest BCUT2D eigenvalue weighted by atomic mass is 127. The minimum absolute atomic E-state index is 0. The van der Waals surface area contributed by atoms with Crippen LogP contribution in [0.4, 0.5) is 13.2 Å². The van der Waals surface area contributed by atoms with Crippen LogP contribution in [0.5, 0.6) is 5.75 Å². The van der Waals surface area contributed by atoms with Crippen LogP contribution in [0, 0.1) is 0 Å². The van der Waals surface area contributed by atoms with Crippen molar-refractivity contribution in [1.29, 1.82) is 0 Å². The number of carbonyl (C=O) groups excluding carboxylic acids is 1. The van der Waals surface area contributed by atoms with Gasteiger partial charge in [0.05, 0.1) is 12.7 Å². The lowest BCUT2D eigenvalue weighted by atomic mass is 10.1. The van der Waals surface area contributed by atoms with Crippen LogP contribution in [0.15, 0.2) is 53.5 Å². The van der Waals surface area contributed by atoms with Crippen LogP contribution in [0.1, 0.15) is 21.5 Å². The third kappa shape index (κ3) is 9.03. The molecule has 0 aliphatic rings. The van der Waals surface area contributed by atoms with E-state index in [9.17, 15) is 18.0 Å². The Labute approximate surface area is 196 Å². The van der Waals surface area contributed by atoms with Gasteiger partial charge in [-0.05, 0) is 48.4 Å². The van der Waals surface area contributed by atoms with E-state index in [4.69, 9.17) is 4.74 Å². The van der Waals surface area contributed by atoms with E-state index in [2.05, 4.69) is 20.9 Å². The Hall–Kier alpha value is -2.50. The van der Waals surface area contributed by atoms with Crippen LogP contribution in [0.3, 0.4) is 0 Å². The molecule has 6 nitrogen and oxygen atoms in total. The number of alkyl halides is 3. The summed E-state index contributed by atoms with van der Waals surface area (Å²) in [5, 5.41) is 8.95. The van der Waals surface area contributed by atoms with Crippen molar-refractivity contribution in [2.45, 2.75) is 12.6 Å². The fraction of sp³-hybridized carbons (Fsp3) is 0.333. The molecule has 0 aliphatic heterocycles. The third-order valence-corrected chi connectivity index (χ3v) is 4.27. The molecule has 0 aromatic heterocycles. The van der Waals surface area contributed by atoms with Crippen LogP contribution in [0.25, 0.3) is 0 Å². The largest absolute Gasteiger partial charge is 0.497 e. The third-order valence-electron chi connectivity index (χ3n) is 4.27. The molecular weight excluding hydrogens is 524 g/mol. The van der Waals surface area contributed by atoms with Crippen molar-refractivity contribution < 1.29 is 22.7 Å². The Morgan fingerprint density at radius 1 is 0.935 bits per heavy atom. The minimum atomic E-state index is -4.33. The number of rotatable bonds is 8. The maximum Gasteiger partial charge on any atom is 0.416 e. The second kappa shape index (κ2) is 13.0. The predicted molar refractivity (Wildman–Crippen MR) is 125 cm³/mol. The zero-order valence-corrected chi connectivity index (χ0v) is 19.6. The van der Waals surface area contributed by atoms with Gasteiger partial charge in [0, 0.05) is 32.2 Å². The van der Waals surface area contributed by atoms with Crippen molar-refractivity contribution >= 4 is 35.8 Å². The standard InChI is InChI=1S/C21H25F3N4O2.HI/c1-25-20(27-12-11-15-3-7-17(8-4-15)21(22,23)24)28-14-13-26-19(29)16-5-9-18(30-2)10-6-16;/h3-10H,11-14H2,1-2H3,(H,26,29)(H2,25,27,28);1H. The Morgan fingerprint density at radius 3 is 2.06 bits per heavy atom. The smallest absolute Gasteiger partial charge is 0.416 e. The van der Waals surface area contributed by atoms with E-state index in [0.717, 1.165) is 17.7 Å². The molecule has 2 aromatic rings. The van der Waals surface area contributed by atoms with Crippen molar-refractivity contribution in [3.05, 3.63) is 65.2 Å². The molecule has 0 bridgehead atoms. The van der Waals surface area contributed by atoms with E-state index < -0.39 is 11.7 Å². The molecule has 170 valence electrons. The normalized spacial score (nSPS) is 11.3. The number of guanidine groups is 1. The average molecular weight is 550 g/mol. The first-order valence-corrected chi connectivity index (χ1v) is 9.36. The molecule has 0 heterocycles. The Kier molecular flexibility index (Phi) is 11.2. The molecule has 0 saturated carbocycles. The van der Waals surface area contributed by atoms with Gasteiger partial charge in [-0.3, -0.25) is 9.79 Å². The quantitative estimate of drug-likeness (QED) is 0.204. The number of aliphatic imine (C=N–C) groups is 1. The molecule has 0 fully saturated rings. The van der Waals surface area contributed by atoms with Gasteiger partial charge in [0.1, 0.15) is 5.75 Å². The Balaban J connectivity index is 0.00000480. The van der Waals surface area contributed by atoms with Gasteiger partial charge in [-0.25, -0.2) is 0 Å². The monoisotopic (exact) mass is 550 g/mol. The zero-order valence-electron chi connectivity index (χ0n) is 17.3. The van der Waals surface area contributed by atoms with Crippen molar-refractivity contribution in [3.63, 3.8) is 0 Å². The number of amides is 1. The first-order chi connectivity index (χ1) is 14.3. The molecule has 0 spiro atoms. The highest BCUT2D eigenvalue weighted by molar-refractivity contribution is 14.0. The van der Waals surface area contributed by atoms with Gasteiger partial charge in [0.2, 0.25) is 0 Å². The molecule has 2 aromatic carbocycles. The lowest BCUT2D eigenvalue weighted by Crippen LogP contribution is -2.42. The number of carbonyl (C=O) groups is 1. The second-order valence-electron chi connectivity index (χ2n) is 6.35. The zero-order chi connectivity index (χ0) is 22.0. The van der Waals surface area contributed by atoms with Gasteiger partial charge < -0.3 is 20.7 Å². The van der Waals surface area contributed by atoms with Crippen LogP contribution in [-0.2, 0) is 12.6 Å². The minimum Gasteiger partial charge on any atom is -0.497 e. The van der Waals surface area contributed by atoms with Crippen LogP contribution >= 0.6 is 24.0 Å². The lowest BCUT2D eigenvalue weighted by molar-refractivity contribution is -0.137. The maximum atomic E-state index is 12.6. The second-order valence-corrected chi connectivity index (χ2v) is 6.35. The summed E-state index contributed by atoms with van der Waals surface area (Å²) in [6.45, 7) is 1.36. The molecule has 0 aliphatic carbocycles. The molecule has 0 saturated heterocycles. The summed E-state index contributed by atoms with van der Waals surface area (Å²) in [6.07, 6.45) is -3.78. The van der Waals surface area contributed by atoms with E-state index in [1.165, 1.54) is 12.1 Å². The summed E-state index contributed by atoms with van der Waals surface area (Å²) < 4.78 is 42.8. The number of halogens is 4. The number of hydrogen-bond donors (Lipinski definition) is 3. The maximum absolute atomic E-state index is 12.6. The van der Waals surface area contributed by atoms with Gasteiger partial charge in [0.25, 0.3) is 5.91 Å². The Morgan fingerprint density at radius 2 is 1.52 bits per heavy atom. The molecule has 1 amide bonds. The molecule has 0 unspecified atom stereocenters. The first kappa shape index (κ1) is 26.5. The van der Waals surface area contributed by atoms with Crippen molar-refractivity contribution in [2.75, 3.05) is 33.8 Å². The SMILES string of the molecule is CN=C(NCCNC(=O)c1ccc(OC)cc1)NCCc1ccc(C(F)(F)F)cc1.I. The number of methoxy groups -OCH3 is 1. The summed E-state index contributed by atoms with van der Waals surface area (Å²) >= 11 is 0. The van der Waals surface area contributed by atoms with E-state index in [1.54, 1.807) is 38.4 Å². The summed E-state index contributed by atoms with van der Waals surface area (Å²) in [5.74, 6) is 1.03. The number of benzene rings is 2. The van der Waals surface area contributed by atoms with Gasteiger partial charge in [-0.15, -0.1) is 24.0 Å². The number of ether oxygens (including phenoxy) is 1. The molecular formula is C21H26F3IN4O2. The number of nitrogens with one attached hydrogen (secondary N) is 3. The highest BCUT2D eigenvalue weighted by Gasteiger charge is 2.29. The Bertz CT molecular complexity index is 841. The molecule has 0 atom stereocenters. The first-order valence-electron chi connectivity index (χ1n) is 9.36. The summed E-state index contributed by atoms with van der Waals surface area (Å²) in [7, 11) is 3.18. The van der Waals surface area contributed by atoms with Gasteiger partial charge in [-0.1, -0.05) is 12.1 Å². The van der Waals surface area contributed by atoms with E-state index >= 15 is 0 Å². The van der Waals surface area contributed by atoms with Crippen molar-refractivity contribution in [1.82, 2.24) is 16.0 Å². The number of nitrogens with zero attached hydrogens (tertiary/aromatic N) is 1. The number of hydrogen-bond acceptors (Lipinski definition) is 3. The average Bonchev–Trinajstić information content (AvgIpc) is 2.75. The predicted octanol–water partition coefficient (Wildman–Crippen LogP) is 3.47. The fourth-order valence-corrected chi connectivity index (χ4v) is 2.61. The molecule has 10 heteroatoms. The van der Waals surface area contributed by atoms with Crippen molar-refractivity contribution in [3.8, 4) is 5.75 Å². The highest BCUT2D eigenvalue weighted by Crippen LogP contribution is 2.29. The molecule has 0 radical (unpaired) electrons. The summed E-state index contributed by atoms with van der Waals surface area (Å²) in [4.78, 5) is 16.2. The van der Waals surface area contributed by atoms with Crippen molar-refractivity contribution in [2.24, 2.45) is 4.99 Å².